The zero-order valence-electron chi connectivity index (χ0n) is 16.0. The topological polar surface area (TPSA) is 59.5 Å². The molecule has 1 aromatic heterocycles. The number of ether oxygens (including phenoxy) is 1. The number of pyridine rings is 1. The van der Waals surface area contributed by atoms with Gasteiger partial charge in [0.1, 0.15) is 11.5 Å². The third kappa shape index (κ3) is 4.62. The predicted octanol–water partition coefficient (Wildman–Crippen LogP) is 5.02. The van der Waals surface area contributed by atoms with E-state index in [0.717, 1.165) is 12.8 Å². The molecule has 0 aliphatic rings. The maximum Gasteiger partial charge on any atom is 0.265 e. The number of anilines is 1. The first-order chi connectivity index (χ1) is 13.6. The Labute approximate surface area is 164 Å². The highest BCUT2D eigenvalue weighted by Gasteiger charge is 2.21. The van der Waals surface area contributed by atoms with E-state index in [0.29, 0.717) is 22.7 Å². The Bertz CT molecular complexity index is 936. The van der Waals surface area contributed by atoms with E-state index in [1.54, 1.807) is 60.9 Å². The lowest BCUT2D eigenvalue weighted by molar-refractivity contribution is -0.115. The first-order valence-corrected chi connectivity index (χ1v) is 9.20. The number of aromatic nitrogens is 1. The zero-order chi connectivity index (χ0) is 19.9. The minimum atomic E-state index is -0.349. The second kappa shape index (κ2) is 8.95. The number of amides is 2. The van der Waals surface area contributed by atoms with Crippen LogP contribution in [0.5, 0.6) is 11.5 Å². The molecular weight excluding hydrogens is 352 g/mol. The average Bonchev–Trinajstić information content (AvgIpc) is 2.71. The summed E-state index contributed by atoms with van der Waals surface area (Å²) in [7, 11) is 0. The number of carbonyl (C=O) groups excluding carboxylic acids is 2. The number of rotatable bonds is 6. The molecular formula is C23H22N2O3. The molecule has 0 aliphatic carbocycles. The molecule has 28 heavy (non-hydrogen) atoms. The lowest BCUT2D eigenvalue weighted by atomic mass is 10.1. The van der Waals surface area contributed by atoms with Gasteiger partial charge in [-0.25, -0.2) is 4.90 Å². The van der Waals surface area contributed by atoms with Gasteiger partial charge in [0.15, 0.2) is 0 Å². The van der Waals surface area contributed by atoms with E-state index < -0.39 is 0 Å². The summed E-state index contributed by atoms with van der Waals surface area (Å²) in [6.07, 6.45) is 5.29. The molecule has 142 valence electrons. The molecule has 0 radical (unpaired) electrons. The van der Waals surface area contributed by atoms with Gasteiger partial charge in [-0.2, -0.15) is 0 Å². The molecule has 0 N–H and O–H groups in total. The van der Waals surface area contributed by atoms with Crippen molar-refractivity contribution in [2.75, 3.05) is 4.90 Å². The van der Waals surface area contributed by atoms with Crippen molar-refractivity contribution >= 4 is 17.5 Å². The molecule has 3 aromatic rings. The molecule has 3 rings (SSSR count). The van der Waals surface area contributed by atoms with Gasteiger partial charge >= 0.3 is 0 Å². The summed E-state index contributed by atoms with van der Waals surface area (Å²) in [6.45, 7) is 3.49. The van der Waals surface area contributed by atoms with E-state index in [1.807, 2.05) is 12.1 Å². The van der Waals surface area contributed by atoms with E-state index in [4.69, 9.17) is 4.74 Å². The Balaban J connectivity index is 1.79. The van der Waals surface area contributed by atoms with Crippen LogP contribution in [0.2, 0.25) is 0 Å². The van der Waals surface area contributed by atoms with Crippen molar-refractivity contribution in [2.24, 2.45) is 0 Å². The van der Waals surface area contributed by atoms with Crippen molar-refractivity contribution in [1.29, 1.82) is 0 Å². The lowest BCUT2D eigenvalue weighted by Crippen LogP contribution is -2.35. The normalized spacial score (nSPS) is 10.4. The third-order valence-corrected chi connectivity index (χ3v) is 4.24. The summed E-state index contributed by atoms with van der Waals surface area (Å²) in [5.41, 5.74) is 2.15. The van der Waals surface area contributed by atoms with Gasteiger partial charge < -0.3 is 4.74 Å². The van der Waals surface area contributed by atoms with E-state index in [1.165, 1.54) is 17.4 Å². The SMILES string of the molecule is CCCc1ccc(C(=O)N(C(C)=O)c2ccc(Oc3ccncc3)cc2)cc1. The number of nitrogens with zero attached hydrogens (tertiary/aromatic N) is 2. The smallest absolute Gasteiger partial charge is 0.265 e. The van der Waals surface area contributed by atoms with Crippen molar-refractivity contribution in [2.45, 2.75) is 26.7 Å². The van der Waals surface area contributed by atoms with Crippen LogP contribution in [0.3, 0.4) is 0 Å². The summed E-state index contributed by atoms with van der Waals surface area (Å²) in [5.74, 6) is 0.577. The summed E-state index contributed by atoms with van der Waals surface area (Å²) >= 11 is 0. The van der Waals surface area contributed by atoms with E-state index in [2.05, 4.69) is 11.9 Å². The highest BCUT2D eigenvalue weighted by atomic mass is 16.5. The van der Waals surface area contributed by atoms with Gasteiger partial charge in [-0.15, -0.1) is 0 Å². The Morgan fingerprint density at radius 3 is 2.07 bits per heavy atom. The van der Waals surface area contributed by atoms with Crippen molar-refractivity contribution < 1.29 is 14.3 Å². The van der Waals surface area contributed by atoms with Crippen LogP contribution in [0.4, 0.5) is 5.69 Å². The molecule has 0 atom stereocenters. The number of benzene rings is 2. The van der Waals surface area contributed by atoms with Crippen molar-refractivity contribution in [3.05, 3.63) is 84.2 Å². The first kappa shape index (κ1) is 19.3. The highest BCUT2D eigenvalue weighted by Crippen LogP contribution is 2.25. The molecule has 0 aliphatic heterocycles. The summed E-state index contributed by atoms with van der Waals surface area (Å²) in [5, 5.41) is 0. The molecule has 0 spiro atoms. The lowest BCUT2D eigenvalue weighted by Gasteiger charge is -2.20. The number of imide groups is 1. The van der Waals surface area contributed by atoms with Crippen LogP contribution < -0.4 is 9.64 Å². The van der Waals surface area contributed by atoms with Gasteiger partial charge in [0.25, 0.3) is 5.91 Å². The molecule has 2 amide bonds. The predicted molar refractivity (Wildman–Crippen MR) is 109 cm³/mol. The van der Waals surface area contributed by atoms with E-state index >= 15 is 0 Å². The first-order valence-electron chi connectivity index (χ1n) is 9.20. The highest BCUT2D eigenvalue weighted by molar-refractivity contribution is 6.20. The Hall–Kier alpha value is -3.47. The molecule has 0 saturated carbocycles. The van der Waals surface area contributed by atoms with Gasteiger partial charge in [0.2, 0.25) is 5.91 Å². The van der Waals surface area contributed by atoms with Crippen molar-refractivity contribution in [3.63, 3.8) is 0 Å². The maximum atomic E-state index is 12.9. The number of aryl methyl sites for hydroxylation is 1. The molecule has 5 nitrogen and oxygen atoms in total. The Morgan fingerprint density at radius 2 is 1.50 bits per heavy atom. The fourth-order valence-electron chi connectivity index (χ4n) is 2.88. The number of hydrogen-bond acceptors (Lipinski definition) is 4. The van der Waals surface area contributed by atoms with Crippen molar-refractivity contribution in [3.8, 4) is 11.5 Å². The standard InChI is InChI=1S/C23H22N2O3/c1-3-4-18-5-7-19(8-6-18)23(27)25(17(2)26)20-9-11-21(12-10-20)28-22-13-15-24-16-14-22/h5-16H,3-4H2,1-2H3. The Kier molecular flexibility index (Phi) is 6.17. The van der Waals surface area contributed by atoms with E-state index in [-0.39, 0.29) is 11.8 Å². The van der Waals surface area contributed by atoms with Gasteiger partial charge in [0, 0.05) is 24.9 Å². The molecule has 0 bridgehead atoms. The van der Waals surface area contributed by atoms with Crippen LogP contribution in [0.25, 0.3) is 0 Å². The number of hydrogen-bond donors (Lipinski definition) is 0. The summed E-state index contributed by atoms with van der Waals surface area (Å²) in [4.78, 5) is 30.2. The second-order valence-corrected chi connectivity index (χ2v) is 6.39. The van der Waals surface area contributed by atoms with Gasteiger partial charge in [-0.05, 0) is 60.5 Å². The minimum absolute atomic E-state index is 0.342. The Morgan fingerprint density at radius 1 is 0.893 bits per heavy atom. The molecule has 1 heterocycles. The molecule has 5 heteroatoms. The molecule has 0 unspecified atom stereocenters. The van der Waals surface area contributed by atoms with E-state index in [9.17, 15) is 9.59 Å². The monoisotopic (exact) mass is 374 g/mol. The van der Waals surface area contributed by atoms with Crippen LogP contribution in [0.1, 0.15) is 36.2 Å². The van der Waals surface area contributed by atoms with Crippen molar-refractivity contribution in [1.82, 2.24) is 4.98 Å². The van der Waals surface area contributed by atoms with Crippen LogP contribution in [0.15, 0.2) is 73.1 Å². The number of carbonyl (C=O) groups is 2. The van der Waals surface area contributed by atoms with Crippen LogP contribution >= 0.6 is 0 Å². The van der Waals surface area contributed by atoms with Gasteiger partial charge in [-0.3, -0.25) is 14.6 Å². The fraction of sp³-hybridized carbons (Fsp3) is 0.174. The van der Waals surface area contributed by atoms with Gasteiger partial charge in [-0.1, -0.05) is 25.5 Å². The zero-order valence-corrected chi connectivity index (χ0v) is 16.0. The summed E-state index contributed by atoms with van der Waals surface area (Å²) < 4.78 is 5.73. The quantitative estimate of drug-likeness (QED) is 0.608. The van der Waals surface area contributed by atoms with Crippen LogP contribution in [-0.2, 0) is 11.2 Å². The second-order valence-electron chi connectivity index (χ2n) is 6.39. The van der Waals surface area contributed by atoms with Gasteiger partial charge in [0.05, 0.1) is 5.69 Å². The largest absolute Gasteiger partial charge is 0.457 e. The third-order valence-electron chi connectivity index (χ3n) is 4.24. The summed E-state index contributed by atoms with van der Waals surface area (Å²) in [6, 6.07) is 17.7. The maximum absolute atomic E-state index is 12.9. The fourth-order valence-corrected chi connectivity index (χ4v) is 2.88. The molecule has 0 saturated heterocycles. The minimum Gasteiger partial charge on any atom is -0.457 e. The molecule has 0 fully saturated rings. The molecule has 2 aromatic carbocycles. The van der Waals surface area contributed by atoms with Crippen LogP contribution in [-0.4, -0.2) is 16.8 Å². The average molecular weight is 374 g/mol. The van der Waals surface area contributed by atoms with Crippen LogP contribution in [0, 0.1) is 0 Å².